The molecule has 3 rings (SSSR count). The fourth-order valence-electron chi connectivity index (χ4n) is 3.54. The summed E-state index contributed by atoms with van der Waals surface area (Å²) >= 11 is 0. The summed E-state index contributed by atoms with van der Waals surface area (Å²) in [5, 5.41) is 13.1. The number of aliphatic hydroxyl groups is 1. The van der Waals surface area contributed by atoms with Gasteiger partial charge >= 0.3 is 0 Å². The second kappa shape index (κ2) is 6.30. The van der Waals surface area contributed by atoms with Gasteiger partial charge in [0.25, 0.3) is 0 Å². The average molecular weight is 294 g/mol. The van der Waals surface area contributed by atoms with Crippen LogP contribution in [0.2, 0.25) is 0 Å². The third-order valence-corrected chi connectivity index (χ3v) is 4.77. The number of rotatable bonds is 6. The molecule has 4 nitrogen and oxygen atoms in total. The molecule has 1 aromatic carbocycles. The van der Waals surface area contributed by atoms with Gasteiger partial charge in [-0.3, -0.25) is 0 Å². The predicted octanol–water partition coefficient (Wildman–Crippen LogP) is 1.11. The van der Waals surface area contributed by atoms with Crippen molar-refractivity contribution in [3.63, 3.8) is 0 Å². The minimum absolute atomic E-state index is 0.0673. The monoisotopic (exact) mass is 294 g/mol. The highest BCUT2D eigenvalue weighted by Crippen LogP contribution is 2.38. The first kappa shape index (κ1) is 14.8. The smallest absolute Gasteiger partial charge is 0.123 e. The number of fused-ring (bicyclic) bond motifs is 1. The van der Waals surface area contributed by atoms with E-state index in [4.69, 9.17) is 4.74 Å². The molecule has 2 aliphatic rings. The summed E-state index contributed by atoms with van der Waals surface area (Å²) in [5.41, 5.74) is 0.0673. The van der Waals surface area contributed by atoms with Crippen LogP contribution in [0.4, 0.5) is 4.39 Å². The van der Waals surface area contributed by atoms with Crippen LogP contribution in [0, 0.1) is 17.2 Å². The van der Waals surface area contributed by atoms with Crippen molar-refractivity contribution < 1.29 is 14.2 Å². The van der Waals surface area contributed by atoms with Crippen LogP contribution in [0.5, 0.6) is 5.75 Å². The van der Waals surface area contributed by atoms with Crippen molar-refractivity contribution in [1.29, 1.82) is 0 Å². The van der Waals surface area contributed by atoms with Crippen molar-refractivity contribution in [3.05, 3.63) is 30.1 Å². The topological polar surface area (TPSA) is 44.7 Å². The molecular weight excluding hydrogens is 271 g/mol. The van der Waals surface area contributed by atoms with Gasteiger partial charge < -0.3 is 20.1 Å². The van der Waals surface area contributed by atoms with E-state index in [2.05, 4.69) is 10.2 Å². The molecule has 1 aromatic rings. The predicted molar refractivity (Wildman–Crippen MR) is 78.8 cm³/mol. The van der Waals surface area contributed by atoms with Crippen LogP contribution in [-0.2, 0) is 0 Å². The van der Waals surface area contributed by atoms with E-state index in [1.54, 1.807) is 12.1 Å². The molecule has 2 N–H and O–H groups in total. The quantitative estimate of drug-likeness (QED) is 0.772. The summed E-state index contributed by atoms with van der Waals surface area (Å²) in [7, 11) is 0. The Morgan fingerprint density at radius 2 is 2.19 bits per heavy atom. The molecule has 2 heterocycles. The number of nitrogens with zero attached hydrogens (tertiary/aromatic N) is 1. The second-order valence-corrected chi connectivity index (χ2v) is 6.24. The van der Waals surface area contributed by atoms with E-state index in [0.717, 1.165) is 39.1 Å². The normalized spacial score (nSPS) is 28.8. The van der Waals surface area contributed by atoms with Crippen LogP contribution in [0.15, 0.2) is 24.3 Å². The summed E-state index contributed by atoms with van der Waals surface area (Å²) in [6.45, 7) is 5.87. The zero-order valence-electron chi connectivity index (χ0n) is 12.2. The number of hydrogen-bond donors (Lipinski definition) is 2. The second-order valence-electron chi connectivity index (χ2n) is 6.24. The third-order valence-electron chi connectivity index (χ3n) is 4.77. The summed E-state index contributed by atoms with van der Waals surface area (Å²) < 4.78 is 18.4. The van der Waals surface area contributed by atoms with Crippen LogP contribution in [-0.4, -0.2) is 55.9 Å². The van der Waals surface area contributed by atoms with Gasteiger partial charge in [-0.2, -0.15) is 0 Å². The van der Waals surface area contributed by atoms with Gasteiger partial charge in [0.2, 0.25) is 0 Å². The molecule has 0 aromatic heterocycles. The van der Waals surface area contributed by atoms with E-state index in [1.165, 1.54) is 12.1 Å². The molecule has 0 aliphatic carbocycles. The highest BCUT2D eigenvalue weighted by molar-refractivity contribution is 5.21. The number of ether oxygens (including phenoxy) is 1. The van der Waals surface area contributed by atoms with E-state index in [1.807, 2.05) is 0 Å². The average Bonchev–Trinajstić information content (AvgIpc) is 3.02. The Kier molecular flexibility index (Phi) is 4.42. The Hall–Kier alpha value is -1.17. The Bertz CT molecular complexity index is 468. The van der Waals surface area contributed by atoms with Crippen molar-refractivity contribution in [1.82, 2.24) is 10.2 Å². The molecule has 21 heavy (non-hydrogen) atoms. The number of likely N-dealkylation sites (tertiary alicyclic amines) is 1. The maximum atomic E-state index is 12.8. The largest absolute Gasteiger partial charge is 0.494 e. The molecule has 2 saturated heterocycles. The van der Waals surface area contributed by atoms with Crippen molar-refractivity contribution in [2.45, 2.75) is 6.42 Å². The first-order valence-corrected chi connectivity index (χ1v) is 7.64. The molecule has 2 fully saturated rings. The van der Waals surface area contributed by atoms with Gasteiger partial charge in [-0.15, -0.1) is 0 Å². The first-order valence-electron chi connectivity index (χ1n) is 7.64. The van der Waals surface area contributed by atoms with Crippen LogP contribution >= 0.6 is 0 Å². The standard InChI is InChI=1S/C16H23FN2O2/c17-14-2-4-15(5-3-14)21-7-1-6-19-9-13-8-18-10-16(13,11-19)12-20/h2-5,13,18,20H,1,6-12H2. The number of halogens is 1. The molecular formula is C16H23FN2O2. The molecule has 0 amide bonds. The van der Waals surface area contributed by atoms with Gasteiger partial charge in [0.15, 0.2) is 0 Å². The number of aliphatic hydroxyl groups excluding tert-OH is 1. The third kappa shape index (κ3) is 3.20. The fraction of sp³-hybridized carbons (Fsp3) is 0.625. The summed E-state index contributed by atoms with van der Waals surface area (Å²) in [4.78, 5) is 2.43. The zero-order valence-corrected chi connectivity index (χ0v) is 12.2. The summed E-state index contributed by atoms with van der Waals surface area (Å²) in [6.07, 6.45) is 0.943. The summed E-state index contributed by atoms with van der Waals surface area (Å²) in [5.74, 6) is 1.04. The van der Waals surface area contributed by atoms with E-state index in [9.17, 15) is 9.50 Å². The number of nitrogens with one attached hydrogen (secondary N) is 1. The molecule has 2 atom stereocenters. The van der Waals surface area contributed by atoms with Gasteiger partial charge in [-0.25, -0.2) is 4.39 Å². The van der Waals surface area contributed by atoms with Crippen molar-refractivity contribution >= 4 is 0 Å². The maximum Gasteiger partial charge on any atom is 0.123 e. The molecule has 116 valence electrons. The van der Waals surface area contributed by atoms with Gasteiger partial charge in [-0.05, 0) is 43.1 Å². The Morgan fingerprint density at radius 1 is 1.38 bits per heavy atom. The molecule has 0 spiro atoms. The fourth-order valence-corrected chi connectivity index (χ4v) is 3.54. The van der Waals surface area contributed by atoms with Gasteiger partial charge in [0.1, 0.15) is 11.6 Å². The van der Waals surface area contributed by atoms with Gasteiger partial charge in [-0.1, -0.05) is 0 Å². The molecule has 0 bridgehead atoms. The van der Waals surface area contributed by atoms with Crippen molar-refractivity contribution in [2.75, 3.05) is 45.9 Å². The van der Waals surface area contributed by atoms with Gasteiger partial charge in [0.05, 0.1) is 13.2 Å². The summed E-state index contributed by atoms with van der Waals surface area (Å²) in [6, 6.07) is 6.13. The lowest BCUT2D eigenvalue weighted by Crippen LogP contribution is -2.36. The lowest BCUT2D eigenvalue weighted by Gasteiger charge is -2.25. The molecule has 0 saturated carbocycles. The maximum absolute atomic E-state index is 12.8. The SMILES string of the molecule is OCC12CNCC1CN(CCCOc1ccc(F)cc1)C2. The Morgan fingerprint density at radius 3 is 2.90 bits per heavy atom. The molecule has 2 aliphatic heterocycles. The van der Waals surface area contributed by atoms with E-state index in [-0.39, 0.29) is 17.8 Å². The Balaban J connectivity index is 1.40. The molecule has 0 radical (unpaired) electrons. The van der Waals surface area contributed by atoms with Crippen molar-refractivity contribution in [2.24, 2.45) is 11.3 Å². The van der Waals surface area contributed by atoms with Crippen molar-refractivity contribution in [3.8, 4) is 5.75 Å². The minimum Gasteiger partial charge on any atom is -0.494 e. The lowest BCUT2D eigenvalue weighted by molar-refractivity contribution is 0.124. The van der Waals surface area contributed by atoms with Crippen LogP contribution in [0.3, 0.4) is 0 Å². The minimum atomic E-state index is -0.242. The van der Waals surface area contributed by atoms with E-state index in [0.29, 0.717) is 18.3 Å². The Labute approximate surface area is 124 Å². The van der Waals surface area contributed by atoms with E-state index < -0.39 is 0 Å². The molecule has 2 unspecified atom stereocenters. The van der Waals surface area contributed by atoms with Crippen LogP contribution < -0.4 is 10.1 Å². The van der Waals surface area contributed by atoms with Gasteiger partial charge in [0, 0.05) is 31.6 Å². The lowest BCUT2D eigenvalue weighted by atomic mass is 9.82. The van der Waals surface area contributed by atoms with Crippen LogP contribution in [0.1, 0.15) is 6.42 Å². The zero-order chi connectivity index (χ0) is 14.7. The van der Waals surface area contributed by atoms with E-state index >= 15 is 0 Å². The first-order chi connectivity index (χ1) is 10.2. The number of benzene rings is 1. The highest BCUT2D eigenvalue weighted by atomic mass is 19.1. The van der Waals surface area contributed by atoms with Crippen LogP contribution in [0.25, 0.3) is 0 Å². The molecule has 5 heteroatoms. The highest BCUT2D eigenvalue weighted by Gasteiger charge is 2.48. The number of hydrogen-bond acceptors (Lipinski definition) is 4.